The zero-order valence-corrected chi connectivity index (χ0v) is 11.4. The van der Waals surface area contributed by atoms with Gasteiger partial charge in [0.05, 0.1) is 5.52 Å². The molecule has 0 radical (unpaired) electrons. The molecule has 1 aromatic carbocycles. The fraction of sp³-hybridized carbons (Fsp3) is 0.125. The summed E-state index contributed by atoms with van der Waals surface area (Å²) in [5.74, 6) is 0. The summed E-state index contributed by atoms with van der Waals surface area (Å²) in [4.78, 5) is 7.66. The van der Waals surface area contributed by atoms with Gasteiger partial charge in [0.1, 0.15) is 5.65 Å². The van der Waals surface area contributed by atoms with Crippen molar-refractivity contribution in [1.29, 1.82) is 0 Å². The number of aryl methyl sites for hydroxylation is 2. The number of fused-ring (bicyclic) bond motifs is 2. The summed E-state index contributed by atoms with van der Waals surface area (Å²) in [5, 5.41) is 6.72. The monoisotopic (exact) mass is 262 g/mol. The van der Waals surface area contributed by atoms with Crippen LogP contribution in [-0.4, -0.2) is 19.7 Å². The van der Waals surface area contributed by atoms with Crippen molar-refractivity contribution in [1.82, 2.24) is 19.7 Å². The zero-order valence-electron chi connectivity index (χ0n) is 11.4. The first kappa shape index (κ1) is 11.2. The average Bonchev–Trinajstić information content (AvgIpc) is 2.99. The highest BCUT2D eigenvalue weighted by molar-refractivity contribution is 5.96. The summed E-state index contributed by atoms with van der Waals surface area (Å²) in [6, 6.07) is 8.52. The van der Waals surface area contributed by atoms with Crippen LogP contribution in [0.1, 0.15) is 5.56 Å². The van der Waals surface area contributed by atoms with Gasteiger partial charge in [0, 0.05) is 42.0 Å². The van der Waals surface area contributed by atoms with Crippen LogP contribution in [0.5, 0.6) is 0 Å². The molecule has 4 aromatic rings. The van der Waals surface area contributed by atoms with Gasteiger partial charge in [-0.2, -0.15) is 5.10 Å². The Morgan fingerprint density at radius 2 is 2.10 bits per heavy atom. The van der Waals surface area contributed by atoms with Crippen molar-refractivity contribution in [2.45, 2.75) is 6.92 Å². The van der Waals surface area contributed by atoms with Crippen LogP contribution in [0, 0.1) is 6.92 Å². The molecule has 0 aliphatic rings. The lowest BCUT2D eigenvalue weighted by atomic mass is 10.0. The molecule has 0 fully saturated rings. The number of nitrogens with zero attached hydrogens (tertiary/aromatic N) is 3. The van der Waals surface area contributed by atoms with E-state index in [9.17, 15) is 0 Å². The topological polar surface area (TPSA) is 46.5 Å². The Morgan fingerprint density at radius 3 is 3.00 bits per heavy atom. The molecule has 0 saturated carbocycles. The number of rotatable bonds is 1. The van der Waals surface area contributed by atoms with E-state index in [-0.39, 0.29) is 0 Å². The maximum Gasteiger partial charge on any atom is 0.137 e. The van der Waals surface area contributed by atoms with Gasteiger partial charge in [-0.3, -0.25) is 4.68 Å². The number of benzene rings is 1. The second kappa shape index (κ2) is 3.93. The molecule has 3 aromatic heterocycles. The van der Waals surface area contributed by atoms with Gasteiger partial charge >= 0.3 is 0 Å². The third kappa shape index (κ3) is 1.61. The molecular formula is C16H14N4. The maximum absolute atomic E-state index is 4.42. The molecule has 1 N–H and O–H groups in total. The molecule has 0 amide bonds. The Morgan fingerprint density at radius 1 is 1.20 bits per heavy atom. The normalized spacial score (nSPS) is 11.5. The van der Waals surface area contributed by atoms with E-state index in [1.807, 2.05) is 30.3 Å². The lowest BCUT2D eigenvalue weighted by Gasteiger charge is -2.00. The van der Waals surface area contributed by atoms with Crippen molar-refractivity contribution in [3.05, 3.63) is 48.4 Å². The Bertz CT molecular complexity index is 930. The van der Waals surface area contributed by atoms with E-state index in [0.29, 0.717) is 0 Å². The molecule has 0 saturated heterocycles. The van der Waals surface area contributed by atoms with Crippen molar-refractivity contribution >= 4 is 21.9 Å². The Labute approximate surface area is 116 Å². The lowest BCUT2D eigenvalue weighted by molar-refractivity contribution is 0.780. The Balaban J connectivity index is 1.97. The lowest BCUT2D eigenvalue weighted by Crippen LogP contribution is -1.84. The number of hydrogen-bond donors (Lipinski definition) is 1. The van der Waals surface area contributed by atoms with Crippen LogP contribution in [0.3, 0.4) is 0 Å². The van der Waals surface area contributed by atoms with Crippen molar-refractivity contribution in [3.63, 3.8) is 0 Å². The highest BCUT2D eigenvalue weighted by atomic mass is 15.2. The van der Waals surface area contributed by atoms with E-state index in [1.165, 1.54) is 16.7 Å². The van der Waals surface area contributed by atoms with Crippen LogP contribution in [0.4, 0.5) is 0 Å². The van der Waals surface area contributed by atoms with Crippen LogP contribution in [0.2, 0.25) is 0 Å². The van der Waals surface area contributed by atoms with E-state index in [0.717, 1.165) is 21.9 Å². The van der Waals surface area contributed by atoms with Gasteiger partial charge in [-0.1, -0.05) is 6.07 Å². The highest BCUT2D eigenvalue weighted by Gasteiger charge is 2.08. The SMILES string of the molecule is Cc1cnc2[nH]cc(-c3ccc4nn(C)cc4c3)c2c1. The van der Waals surface area contributed by atoms with Crippen molar-refractivity contribution in [3.8, 4) is 11.1 Å². The summed E-state index contributed by atoms with van der Waals surface area (Å²) >= 11 is 0. The number of pyridine rings is 1. The van der Waals surface area contributed by atoms with Crippen molar-refractivity contribution in [2.75, 3.05) is 0 Å². The molecule has 0 atom stereocenters. The minimum Gasteiger partial charge on any atom is -0.346 e. The first-order valence-corrected chi connectivity index (χ1v) is 6.58. The number of aromatic amines is 1. The predicted molar refractivity (Wildman–Crippen MR) is 80.5 cm³/mol. The van der Waals surface area contributed by atoms with Gasteiger partial charge in [0.15, 0.2) is 0 Å². The standard InChI is InChI=1S/C16H14N4/c1-10-5-13-14(8-18-16(13)17-7-10)11-3-4-15-12(6-11)9-20(2)19-15/h3-9H,1-2H3,(H,17,18). The summed E-state index contributed by atoms with van der Waals surface area (Å²) in [5.41, 5.74) is 5.48. The Kier molecular flexibility index (Phi) is 2.21. The van der Waals surface area contributed by atoms with E-state index in [4.69, 9.17) is 0 Å². The molecule has 4 rings (SSSR count). The molecular weight excluding hydrogens is 248 g/mol. The molecule has 0 aliphatic carbocycles. The highest BCUT2D eigenvalue weighted by Crippen LogP contribution is 2.30. The number of aromatic nitrogens is 4. The van der Waals surface area contributed by atoms with E-state index in [2.05, 4.69) is 46.3 Å². The van der Waals surface area contributed by atoms with Gasteiger partial charge in [0.2, 0.25) is 0 Å². The second-order valence-corrected chi connectivity index (χ2v) is 5.19. The summed E-state index contributed by atoms with van der Waals surface area (Å²) < 4.78 is 1.84. The van der Waals surface area contributed by atoms with E-state index in [1.54, 1.807) is 0 Å². The van der Waals surface area contributed by atoms with Crippen LogP contribution < -0.4 is 0 Å². The fourth-order valence-corrected chi connectivity index (χ4v) is 2.66. The molecule has 4 heteroatoms. The number of nitrogens with one attached hydrogen (secondary N) is 1. The first-order chi connectivity index (χ1) is 9.70. The maximum atomic E-state index is 4.42. The molecule has 0 bridgehead atoms. The first-order valence-electron chi connectivity index (χ1n) is 6.58. The molecule has 0 spiro atoms. The second-order valence-electron chi connectivity index (χ2n) is 5.19. The minimum absolute atomic E-state index is 0.928. The Hall–Kier alpha value is -2.62. The number of hydrogen-bond acceptors (Lipinski definition) is 2. The molecule has 4 nitrogen and oxygen atoms in total. The largest absolute Gasteiger partial charge is 0.346 e. The van der Waals surface area contributed by atoms with Crippen LogP contribution >= 0.6 is 0 Å². The van der Waals surface area contributed by atoms with Crippen LogP contribution in [-0.2, 0) is 7.05 Å². The van der Waals surface area contributed by atoms with Crippen molar-refractivity contribution < 1.29 is 0 Å². The summed E-state index contributed by atoms with van der Waals surface area (Å²) in [6.45, 7) is 2.06. The quantitative estimate of drug-likeness (QED) is 0.571. The van der Waals surface area contributed by atoms with Crippen LogP contribution in [0.25, 0.3) is 33.1 Å². The molecule has 0 unspecified atom stereocenters. The molecule has 3 heterocycles. The van der Waals surface area contributed by atoms with Gasteiger partial charge < -0.3 is 4.98 Å². The van der Waals surface area contributed by atoms with Crippen LogP contribution in [0.15, 0.2) is 42.9 Å². The smallest absolute Gasteiger partial charge is 0.137 e. The molecule has 98 valence electrons. The summed E-state index contributed by atoms with van der Waals surface area (Å²) in [6.07, 6.45) is 5.94. The fourth-order valence-electron chi connectivity index (χ4n) is 2.66. The van der Waals surface area contributed by atoms with Crippen molar-refractivity contribution in [2.24, 2.45) is 7.05 Å². The van der Waals surface area contributed by atoms with Gasteiger partial charge in [-0.05, 0) is 36.2 Å². The average molecular weight is 262 g/mol. The predicted octanol–water partition coefficient (Wildman–Crippen LogP) is 3.43. The number of H-pyrrole nitrogens is 1. The minimum atomic E-state index is 0.928. The van der Waals surface area contributed by atoms with Gasteiger partial charge in [-0.25, -0.2) is 4.98 Å². The van der Waals surface area contributed by atoms with E-state index >= 15 is 0 Å². The summed E-state index contributed by atoms with van der Waals surface area (Å²) in [7, 11) is 1.94. The third-order valence-corrected chi connectivity index (χ3v) is 3.60. The van der Waals surface area contributed by atoms with E-state index < -0.39 is 0 Å². The van der Waals surface area contributed by atoms with Gasteiger partial charge in [-0.15, -0.1) is 0 Å². The third-order valence-electron chi connectivity index (χ3n) is 3.60. The molecule has 20 heavy (non-hydrogen) atoms. The van der Waals surface area contributed by atoms with Gasteiger partial charge in [0.25, 0.3) is 0 Å². The molecule has 0 aliphatic heterocycles. The zero-order chi connectivity index (χ0) is 13.7.